The summed E-state index contributed by atoms with van der Waals surface area (Å²) >= 11 is 0. The van der Waals surface area contributed by atoms with Crippen molar-refractivity contribution >= 4 is 11.5 Å². The second-order valence-corrected chi connectivity index (χ2v) is 4.55. The van der Waals surface area contributed by atoms with Crippen LogP contribution in [0, 0.1) is 6.92 Å². The third-order valence-corrected chi connectivity index (χ3v) is 3.09. The van der Waals surface area contributed by atoms with Crippen molar-refractivity contribution in [3.63, 3.8) is 0 Å². The summed E-state index contributed by atoms with van der Waals surface area (Å²) in [7, 11) is 2.17. The number of aryl methyl sites for hydroxylation is 1. The zero-order valence-electron chi connectivity index (χ0n) is 10.1. The van der Waals surface area contributed by atoms with E-state index in [1.165, 1.54) is 18.5 Å². The molecule has 88 valence electrons. The molecule has 4 heteroatoms. The average molecular weight is 220 g/mol. The van der Waals surface area contributed by atoms with Crippen molar-refractivity contribution in [3.8, 4) is 0 Å². The molecule has 1 aromatic heterocycles. The van der Waals surface area contributed by atoms with Crippen LogP contribution in [0.1, 0.15) is 12.0 Å². The molecule has 1 fully saturated rings. The standard InChI is InChI=1S/C12H20N4/c1-10-8-11(13)9-14-12(10)16-5-3-4-15(2)6-7-16/h8-9H,3-7,13H2,1-2H3. The van der Waals surface area contributed by atoms with Crippen molar-refractivity contribution in [3.05, 3.63) is 17.8 Å². The molecular formula is C12H20N4. The van der Waals surface area contributed by atoms with Gasteiger partial charge in [-0.1, -0.05) is 0 Å². The van der Waals surface area contributed by atoms with Gasteiger partial charge in [-0.3, -0.25) is 0 Å². The molecule has 0 bridgehead atoms. The van der Waals surface area contributed by atoms with Crippen molar-refractivity contribution in [1.29, 1.82) is 0 Å². The van der Waals surface area contributed by atoms with Crippen LogP contribution in [0.3, 0.4) is 0 Å². The smallest absolute Gasteiger partial charge is 0.131 e. The van der Waals surface area contributed by atoms with E-state index in [0.717, 1.165) is 31.1 Å². The first-order chi connectivity index (χ1) is 7.66. The number of nitrogen functional groups attached to an aromatic ring is 1. The lowest BCUT2D eigenvalue weighted by Crippen LogP contribution is -2.29. The molecule has 2 heterocycles. The van der Waals surface area contributed by atoms with Crippen molar-refractivity contribution in [1.82, 2.24) is 9.88 Å². The van der Waals surface area contributed by atoms with Crippen LogP contribution in [0.4, 0.5) is 11.5 Å². The van der Waals surface area contributed by atoms with E-state index in [2.05, 4.69) is 28.8 Å². The lowest BCUT2D eigenvalue weighted by Gasteiger charge is -2.23. The maximum absolute atomic E-state index is 5.72. The van der Waals surface area contributed by atoms with Gasteiger partial charge in [0.25, 0.3) is 0 Å². The molecule has 1 aliphatic heterocycles. The van der Waals surface area contributed by atoms with Crippen LogP contribution in [-0.2, 0) is 0 Å². The van der Waals surface area contributed by atoms with Gasteiger partial charge in [-0.2, -0.15) is 0 Å². The number of likely N-dealkylation sites (N-methyl/N-ethyl adjacent to an activating group) is 1. The lowest BCUT2D eigenvalue weighted by molar-refractivity contribution is 0.360. The summed E-state index contributed by atoms with van der Waals surface area (Å²) in [5.74, 6) is 1.09. The Kier molecular flexibility index (Phi) is 3.29. The zero-order valence-corrected chi connectivity index (χ0v) is 10.1. The summed E-state index contributed by atoms with van der Waals surface area (Å²) in [6, 6.07) is 2.00. The number of aromatic nitrogens is 1. The molecule has 4 nitrogen and oxygen atoms in total. The van der Waals surface area contributed by atoms with Gasteiger partial charge in [0.05, 0.1) is 11.9 Å². The Morgan fingerprint density at radius 1 is 1.25 bits per heavy atom. The van der Waals surface area contributed by atoms with Gasteiger partial charge >= 0.3 is 0 Å². The number of nitrogens with two attached hydrogens (primary N) is 1. The fourth-order valence-electron chi connectivity index (χ4n) is 2.18. The Labute approximate surface area is 97.1 Å². The van der Waals surface area contributed by atoms with Crippen LogP contribution in [0.2, 0.25) is 0 Å². The van der Waals surface area contributed by atoms with E-state index >= 15 is 0 Å². The highest BCUT2D eigenvalue weighted by molar-refractivity contribution is 5.52. The molecule has 1 saturated heterocycles. The number of rotatable bonds is 1. The quantitative estimate of drug-likeness (QED) is 0.770. The van der Waals surface area contributed by atoms with E-state index in [4.69, 9.17) is 5.73 Å². The van der Waals surface area contributed by atoms with Crippen LogP contribution >= 0.6 is 0 Å². The number of anilines is 2. The van der Waals surface area contributed by atoms with Crippen molar-refractivity contribution in [2.24, 2.45) is 0 Å². The number of hydrogen-bond donors (Lipinski definition) is 1. The minimum atomic E-state index is 0.744. The topological polar surface area (TPSA) is 45.4 Å². The van der Waals surface area contributed by atoms with E-state index in [1.54, 1.807) is 6.20 Å². The van der Waals surface area contributed by atoms with Gasteiger partial charge in [-0.05, 0) is 38.6 Å². The highest BCUT2D eigenvalue weighted by Crippen LogP contribution is 2.20. The van der Waals surface area contributed by atoms with E-state index in [0.29, 0.717) is 0 Å². The van der Waals surface area contributed by atoms with Crippen molar-refractivity contribution in [2.75, 3.05) is 43.9 Å². The predicted octanol–water partition coefficient (Wildman–Crippen LogP) is 1.11. The maximum Gasteiger partial charge on any atom is 0.131 e. The van der Waals surface area contributed by atoms with Crippen LogP contribution in [-0.4, -0.2) is 43.1 Å². The third-order valence-electron chi connectivity index (χ3n) is 3.09. The zero-order chi connectivity index (χ0) is 11.5. The van der Waals surface area contributed by atoms with Gasteiger partial charge in [0.1, 0.15) is 5.82 Å². The summed E-state index contributed by atoms with van der Waals surface area (Å²) < 4.78 is 0. The monoisotopic (exact) mass is 220 g/mol. The van der Waals surface area contributed by atoms with E-state index in [9.17, 15) is 0 Å². The van der Waals surface area contributed by atoms with Gasteiger partial charge < -0.3 is 15.5 Å². The highest BCUT2D eigenvalue weighted by Gasteiger charge is 2.15. The summed E-state index contributed by atoms with van der Waals surface area (Å²) in [6.07, 6.45) is 2.94. The third kappa shape index (κ3) is 2.44. The molecule has 0 aromatic carbocycles. The molecule has 0 radical (unpaired) electrons. The Bertz CT molecular complexity index is 364. The molecule has 1 aromatic rings. The SMILES string of the molecule is Cc1cc(N)cnc1N1CCCN(C)CC1. The van der Waals surface area contributed by atoms with Crippen LogP contribution in [0.5, 0.6) is 0 Å². The van der Waals surface area contributed by atoms with Gasteiger partial charge in [-0.15, -0.1) is 0 Å². The van der Waals surface area contributed by atoms with Gasteiger partial charge in [0.15, 0.2) is 0 Å². The van der Waals surface area contributed by atoms with E-state index in [1.807, 2.05) is 6.07 Å². The largest absolute Gasteiger partial charge is 0.397 e. The van der Waals surface area contributed by atoms with Crippen LogP contribution < -0.4 is 10.6 Å². The Hall–Kier alpha value is -1.29. The summed E-state index contributed by atoms with van der Waals surface area (Å²) in [4.78, 5) is 9.18. The first-order valence-electron chi connectivity index (χ1n) is 5.82. The molecule has 0 atom stereocenters. The number of hydrogen-bond acceptors (Lipinski definition) is 4. The molecule has 2 rings (SSSR count). The van der Waals surface area contributed by atoms with Gasteiger partial charge in [-0.25, -0.2) is 4.98 Å². The average Bonchev–Trinajstić information content (AvgIpc) is 2.43. The molecule has 16 heavy (non-hydrogen) atoms. The lowest BCUT2D eigenvalue weighted by atomic mass is 10.2. The molecule has 0 amide bonds. The molecule has 0 saturated carbocycles. The first kappa shape index (κ1) is 11.2. The van der Waals surface area contributed by atoms with E-state index in [-0.39, 0.29) is 0 Å². The van der Waals surface area contributed by atoms with Crippen molar-refractivity contribution < 1.29 is 0 Å². The number of pyridine rings is 1. The summed E-state index contributed by atoms with van der Waals surface area (Å²) in [6.45, 7) is 6.49. The molecule has 0 spiro atoms. The molecular weight excluding hydrogens is 200 g/mol. The minimum absolute atomic E-state index is 0.744. The van der Waals surface area contributed by atoms with Crippen LogP contribution in [0.25, 0.3) is 0 Å². The van der Waals surface area contributed by atoms with Gasteiger partial charge in [0, 0.05) is 19.6 Å². The summed E-state index contributed by atoms with van der Waals surface area (Å²) in [5.41, 5.74) is 7.64. The number of nitrogens with zero attached hydrogens (tertiary/aromatic N) is 3. The summed E-state index contributed by atoms with van der Waals surface area (Å²) in [5, 5.41) is 0. The highest BCUT2D eigenvalue weighted by atomic mass is 15.2. The normalized spacial score (nSPS) is 18.5. The predicted molar refractivity (Wildman–Crippen MR) is 67.7 cm³/mol. The Balaban J connectivity index is 2.16. The Morgan fingerprint density at radius 2 is 2.06 bits per heavy atom. The van der Waals surface area contributed by atoms with Crippen LogP contribution in [0.15, 0.2) is 12.3 Å². The Morgan fingerprint density at radius 3 is 2.81 bits per heavy atom. The second kappa shape index (κ2) is 4.70. The van der Waals surface area contributed by atoms with Gasteiger partial charge in [0.2, 0.25) is 0 Å². The minimum Gasteiger partial charge on any atom is -0.397 e. The molecule has 2 N–H and O–H groups in total. The molecule has 0 unspecified atom stereocenters. The fraction of sp³-hybridized carbons (Fsp3) is 0.583. The van der Waals surface area contributed by atoms with Crippen molar-refractivity contribution in [2.45, 2.75) is 13.3 Å². The maximum atomic E-state index is 5.72. The second-order valence-electron chi connectivity index (χ2n) is 4.55. The van der Waals surface area contributed by atoms with E-state index < -0.39 is 0 Å². The molecule has 1 aliphatic rings. The fourth-order valence-corrected chi connectivity index (χ4v) is 2.18. The molecule has 0 aliphatic carbocycles. The first-order valence-corrected chi connectivity index (χ1v) is 5.82.